The van der Waals surface area contributed by atoms with Gasteiger partial charge in [-0.05, 0) is 88.0 Å². The molecule has 0 radical (unpaired) electrons. The van der Waals surface area contributed by atoms with Gasteiger partial charge in [0, 0.05) is 64.6 Å². The Morgan fingerprint density at radius 2 is 0.852 bits per heavy atom. The predicted molar refractivity (Wildman–Crippen MR) is 295 cm³/mol. The summed E-state index contributed by atoms with van der Waals surface area (Å²) in [6.07, 6.45) is 9.10. The summed E-state index contributed by atoms with van der Waals surface area (Å²) >= 11 is 16.3. The maximum Gasteiger partial charge on any atom is 0.0509 e. The van der Waals surface area contributed by atoms with Gasteiger partial charge in [0.25, 0.3) is 0 Å². The van der Waals surface area contributed by atoms with E-state index in [1.807, 2.05) is 0 Å². The molecule has 0 saturated heterocycles. The van der Waals surface area contributed by atoms with Gasteiger partial charge in [0.05, 0.1) is 13.2 Å². The van der Waals surface area contributed by atoms with Crippen LogP contribution in [0, 0.1) is 35.5 Å². The largest absolute Gasteiger partial charge is 0.396 e. The minimum absolute atomic E-state index is 0. The number of hydrogen-bond acceptors (Lipinski definition) is 10. The molecule has 2 rings (SSSR count). The van der Waals surface area contributed by atoms with Crippen LogP contribution in [0.15, 0.2) is 0 Å². The Balaban J connectivity index is -0.000000169. The SMILES string of the molecule is CC(C)(C)OC(=O)Cl.CC(C)(C)OC(=O)OCC1(COC(=O)OC(C)(C)C)CCCCC1.I[I-]I(I)I(I)I.OCC1(CO)CCCCC1.[CH2-]C(C)(C)C.[CH2-]C(C)(C)C.[W].[W]. The molecule has 0 heterocycles. The van der Waals surface area contributed by atoms with Crippen LogP contribution in [0.3, 0.4) is 0 Å². The minimum atomic E-state index is -0.752. The fourth-order valence-electron chi connectivity index (χ4n) is 4.54. The number of aliphatic hydroxyl groups excluding tert-OH is 2. The van der Waals surface area contributed by atoms with Crippen LogP contribution in [0.4, 0.5) is 14.4 Å². The van der Waals surface area contributed by atoms with E-state index in [9.17, 15) is 14.4 Å². The van der Waals surface area contributed by atoms with Crippen molar-refractivity contribution in [2.75, 3.05) is 26.4 Å². The Kier molecular flexibility index (Phi) is 49.8. The number of rotatable bonds is 8. The molecule has 0 spiro atoms. The van der Waals surface area contributed by atoms with Crippen molar-refractivity contribution < 1.29 is 104 Å². The van der Waals surface area contributed by atoms with Gasteiger partial charge in [-0.2, -0.15) is 10.8 Å². The predicted octanol–water partition coefficient (Wildman–Crippen LogP) is 14.0. The maximum absolute atomic E-state index is 11.8. The van der Waals surface area contributed by atoms with Gasteiger partial charge in [0.15, 0.2) is 0 Å². The average Bonchev–Trinajstić information content (AvgIpc) is 3.03. The van der Waals surface area contributed by atoms with E-state index in [2.05, 4.69) is 135 Å². The molecule has 0 atom stereocenters. The van der Waals surface area contributed by atoms with Crippen molar-refractivity contribution in [2.45, 2.75) is 185 Å². The van der Waals surface area contributed by atoms with Crippen LogP contribution in [0.25, 0.3) is 0 Å². The Morgan fingerprint density at radius 1 is 0.590 bits per heavy atom. The normalized spacial score (nSPS) is 16.1. The first-order valence-electron chi connectivity index (χ1n) is 19.5. The minimum Gasteiger partial charge on any atom is -0.396 e. The van der Waals surface area contributed by atoms with Crippen LogP contribution in [-0.2, 0) is 65.8 Å². The number of ether oxygens (including phenoxy) is 5. The summed E-state index contributed by atoms with van der Waals surface area (Å²) in [5.41, 5.74) is -2.38. The molecule has 0 bridgehead atoms. The third-order valence-electron chi connectivity index (χ3n) is 6.78. The summed E-state index contributed by atoms with van der Waals surface area (Å²) < 4.78 is 25.5. The molecule has 2 aliphatic carbocycles. The summed E-state index contributed by atoms with van der Waals surface area (Å²) in [4.78, 5) is 33.6. The summed E-state index contributed by atoms with van der Waals surface area (Å²) in [5, 5.41) is 18.0. The first-order chi connectivity index (χ1) is 26.3. The molecule has 0 aromatic carbocycles. The third kappa shape index (κ3) is 62.7. The fraction of sp³-hybridized carbons (Fsp3) is 0.878. The number of carbonyl (C=O) groups is 3. The zero-order chi connectivity index (χ0) is 47.5. The number of halogens is 8. The summed E-state index contributed by atoms with van der Waals surface area (Å²) in [6, 6.07) is 0. The molecular weight excluding hydrogens is 1940 g/mol. The molecule has 20 heteroatoms. The van der Waals surface area contributed by atoms with E-state index in [4.69, 9.17) is 40.8 Å². The van der Waals surface area contributed by atoms with Crippen LogP contribution in [0.2, 0.25) is 0 Å². The molecule has 61 heavy (non-hydrogen) atoms. The molecule has 2 fully saturated rings. The molecule has 2 N–H and O–H groups in total. The van der Waals surface area contributed by atoms with Gasteiger partial charge in [0.2, 0.25) is 0 Å². The van der Waals surface area contributed by atoms with E-state index in [-0.39, 0.29) is 106 Å². The Morgan fingerprint density at radius 3 is 1.00 bits per heavy atom. The van der Waals surface area contributed by atoms with Crippen LogP contribution in [0.1, 0.15) is 168 Å². The van der Waals surface area contributed by atoms with Crippen LogP contribution >= 0.6 is 102 Å². The van der Waals surface area contributed by atoms with E-state index in [1.54, 1.807) is 62.3 Å². The van der Waals surface area contributed by atoms with Crippen molar-refractivity contribution in [3.63, 3.8) is 0 Å². The van der Waals surface area contributed by atoms with Gasteiger partial charge in [-0.25, -0.2) is 14.4 Å². The van der Waals surface area contributed by atoms with Crippen LogP contribution < -0.4 is 13.3 Å². The van der Waals surface area contributed by atoms with Crippen molar-refractivity contribution in [2.24, 2.45) is 21.7 Å². The van der Waals surface area contributed by atoms with E-state index in [1.165, 1.54) is 19.3 Å². The summed E-state index contributed by atoms with van der Waals surface area (Å²) in [5.74, 6) is 0. The molecule has 0 aromatic heterocycles. The smallest absolute Gasteiger partial charge is 0.0509 e. The molecule has 0 aliphatic heterocycles. The summed E-state index contributed by atoms with van der Waals surface area (Å²) in [7, 11) is -0.491. The van der Waals surface area contributed by atoms with Gasteiger partial charge in [-0.15, -0.1) is 0 Å². The van der Waals surface area contributed by atoms with Crippen LogP contribution in [-0.4, -0.2) is 71.2 Å². The molecule has 2 aliphatic rings. The van der Waals surface area contributed by atoms with E-state index in [0.717, 1.165) is 44.9 Å². The Labute approximate surface area is 462 Å². The molecule has 374 valence electrons. The van der Waals surface area contributed by atoms with E-state index < -0.39 is 34.5 Å². The van der Waals surface area contributed by atoms with Crippen molar-refractivity contribution in [3.8, 4) is 0 Å². The van der Waals surface area contributed by atoms with Gasteiger partial charge < -0.3 is 47.7 Å². The zero-order valence-corrected chi connectivity index (χ0v) is 61.0. The second-order valence-electron chi connectivity index (χ2n) is 19.9. The molecule has 0 aromatic rings. The fourth-order valence-corrected chi connectivity index (χ4v) is 214. The average molecular weight is 2020 g/mol. The van der Waals surface area contributed by atoms with Gasteiger partial charge in [0.1, 0.15) is 30.0 Å². The molecule has 10 nitrogen and oxygen atoms in total. The van der Waals surface area contributed by atoms with E-state index >= 15 is 0 Å². The van der Waals surface area contributed by atoms with Crippen molar-refractivity contribution in [1.29, 1.82) is 0 Å². The first-order valence-corrected chi connectivity index (χ1v) is 57.6. The first kappa shape index (κ1) is 77.2. The number of aliphatic hydroxyl groups is 2. The van der Waals surface area contributed by atoms with Gasteiger partial charge in [-0.1, -0.05) is 80.1 Å². The van der Waals surface area contributed by atoms with Gasteiger partial charge in [-0.3, -0.25) is 0 Å². The second kappa shape index (κ2) is 39.3. The molecule has 0 amide bonds. The quantitative estimate of drug-likeness (QED) is 0.0794. The second-order valence-corrected chi connectivity index (χ2v) is 134. The topological polar surface area (TPSA) is 138 Å². The Bertz CT molecular complexity index is 1050. The monoisotopic (exact) mass is 2020 g/mol. The number of hydrogen-bond donors (Lipinski definition) is 2. The van der Waals surface area contributed by atoms with Crippen molar-refractivity contribution >= 4 is 120 Å². The van der Waals surface area contributed by atoms with Gasteiger partial charge >= 0.3 is 121 Å². The van der Waals surface area contributed by atoms with Crippen molar-refractivity contribution in [1.82, 2.24) is 0 Å². The molecule has 2 saturated carbocycles. The Hall–Kier alpha value is 4.71. The van der Waals surface area contributed by atoms with Crippen molar-refractivity contribution in [3.05, 3.63) is 13.8 Å². The maximum atomic E-state index is 11.8. The molecule has 0 unspecified atom stereocenters. The van der Waals surface area contributed by atoms with E-state index in [0.29, 0.717) is 13.3 Å². The standard InChI is InChI=1S/C18H32O6.C8H16O2.C5H9ClO2.2C5H11.I7.2W/c1-16(2,3)23-14(19)21-12-18(10-8-7-9-11-18)13-22-15(20)24-17(4,5)6;9-6-8(7-10)4-2-1-3-5-8;1-5(2,3)8-4(6)7;2*1-5(2,3)4;1-5-7(4)6(2)3;;/h7-13H2,1-6H3;9-10H,1-7H2;1-3H3;2*1H2,2-4H3;;;/q;;;3*-1;;. The third-order valence-corrected chi connectivity index (χ3v) is 255. The zero-order valence-electron chi connectivity index (χ0n) is 39.3. The molecular formula is C41H79ClI7O10W2-3. The van der Waals surface area contributed by atoms with Crippen LogP contribution in [0.5, 0.6) is 0 Å². The summed E-state index contributed by atoms with van der Waals surface area (Å²) in [6.45, 7) is 36.7. The number of carbonyl (C=O) groups excluding carboxylic acids is 3.